The number of nitrogens with one attached hydrogen (secondary N) is 2. The van der Waals surface area contributed by atoms with E-state index in [1.807, 2.05) is 0 Å². The second kappa shape index (κ2) is 6.90. The smallest absolute Gasteiger partial charge is 0.337 e. The average Bonchev–Trinajstić information content (AvgIpc) is 3.25. The van der Waals surface area contributed by atoms with Crippen molar-refractivity contribution in [3.8, 4) is 0 Å². The first kappa shape index (κ1) is 17.8. The molecular formula is C15H19F3N2O2S. The van der Waals surface area contributed by atoms with Crippen LogP contribution in [0.4, 0.5) is 18.0 Å². The molecule has 2 amide bonds. The number of urea groups is 1. The van der Waals surface area contributed by atoms with E-state index in [9.17, 15) is 22.2 Å². The van der Waals surface area contributed by atoms with Crippen molar-refractivity contribution in [2.75, 3.05) is 25.1 Å². The molecule has 1 atom stereocenters. The average molecular weight is 348 g/mol. The first-order valence-electron chi connectivity index (χ1n) is 7.22. The highest BCUT2D eigenvalue weighted by molar-refractivity contribution is 7.84. The van der Waals surface area contributed by atoms with Crippen LogP contribution in [-0.2, 0) is 22.4 Å². The van der Waals surface area contributed by atoms with Crippen LogP contribution in [0.1, 0.15) is 24.0 Å². The topological polar surface area (TPSA) is 58.2 Å². The summed E-state index contributed by atoms with van der Waals surface area (Å²) in [5.41, 5.74) is -0.481. The summed E-state index contributed by atoms with van der Waals surface area (Å²) in [6.45, 7) is 0.584. The Labute approximate surface area is 135 Å². The molecular weight excluding hydrogens is 329 g/mol. The van der Waals surface area contributed by atoms with E-state index in [2.05, 4.69) is 10.6 Å². The van der Waals surface area contributed by atoms with Gasteiger partial charge in [-0.2, -0.15) is 13.2 Å². The second-order valence-corrected chi connectivity index (χ2v) is 7.30. The fourth-order valence-electron chi connectivity index (χ4n) is 2.36. The predicted octanol–water partition coefficient (Wildman–Crippen LogP) is 2.41. The van der Waals surface area contributed by atoms with Crippen LogP contribution >= 0.6 is 0 Å². The van der Waals surface area contributed by atoms with Gasteiger partial charge < -0.3 is 10.6 Å². The van der Waals surface area contributed by atoms with Gasteiger partial charge in [-0.1, -0.05) is 18.2 Å². The largest absolute Gasteiger partial charge is 0.416 e. The van der Waals surface area contributed by atoms with E-state index in [0.29, 0.717) is 17.9 Å². The number of hydrogen-bond donors (Lipinski definition) is 2. The third-order valence-electron chi connectivity index (χ3n) is 3.92. The van der Waals surface area contributed by atoms with Crippen molar-refractivity contribution in [2.45, 2.75) is 24.4 Å². The standard InChI is InChI=1S/C15H19F3N2O2S/c1-23(22)8-7-19-13(21)20-10-14(5-6-14)11-3-2-4-12(9-11)15(16,17)18/h2-4,9H,5-8,10H2,1H3,(H2,19,20,21)/t23-/m0/s1. The number of carbonyl (C=O) groups excluding carboxylic acids is 1. The van der Waals surface area contributed by atoms with Crippen molar-refractivity contribution in [3.63, 3.8) is 0 Å². The summed E-state index contributed by atoms with van der Waals surface area (Å²) >= 11 is 0. The Morgan fingerprint density at radius 1 is 1.30 bits per heavy atom. The Morgan fingerprint density at radius 3 is 2.57 bits per heavy atom. The molecule has 8 heteroatoms. The molecule has 0 heterocycles. The number of benzene rings is 1. The summed E-state index contributed by atoms with van der Waals surface area (Å²) in [6.07, 6.45) is -1.33. The third kappa shape index (κ3) is 4.95. The molecule has 0 unspecified atom stereocenters. The number of amides is 2. The first-order valence-corrected chi connectivity index (χ1v) is 8.95. The van der Waals surface area contributed by atoms with E-state index in [1.165, 1.54) is 6.07 Å². The second-order valence-electron chi connectivity index (χ2n) is 5.75. The van der Waals surface area contributed by atoms with Crippen molar-refractivity contribution in [3.05, 3.63) is 35.4 Å². The number of hydrogen-bond acceptors (Lipinski definition) is 2. The summed E-state index contributed by atoms with van der Waals surface area (Å²) < 4.78 is 49.3. The predicted molar refractivity (Wildman–Crippen MR) is 82.7 cm³/mol. The lowest BCUT2D eigenvalue weighted by Gasteiger charge is -2.18. The summed E-state index contributed by atoms with van der Waals surface area (Å²) in [5, 5.41) is 5.26. The lowest BCUT2D eigenvalue weighted by molar-refractivity contribution is -0.137. The van der Waals surface area contributed by atoms with Crippen molar-refractivity contribution in [1.82, 2.24) is 10.6 Å². The van der Waals surface area contributed by atoms with Gasteiger partial charge in [-0.25, -0.2) is 4.79 Å². The summed E-state index contributed by atoms with van der Waals surface area (Å²) in [7, 11) is -0.981. The minimum absolute atomic E-state index is 0.287. The Morgan fingerprint density at radius 2 is 2.00 bits per heavy atom. The summed E-state index contributed by atoms with van der Waals surface area (Å²) in [6, 6.07) is 4.88. The molecule has 128 valence electrons. The van der Waals surface area contributed by atoms with E-state index in [-0.39, 0.29) is 6.54 Å². The van der Waals surface area contributed by atoms with E-state index in [0.717, 1.165) is 25.0 Å². The van der Waals surface area contributed by atoms with Crippen LogP contribution in [0.2, 0.25) is 0 Å². The van der Waals surface area contributed by atoms with Crippen molar-refractivity contribution in [2.24, 2.45) is 0 Å². The van der Waals surface area contributed by atoms with Crippen LogP contribution in [0.25, 0.3) is 0 Å². The Hall–Kier alpha value is -1.57. The highest BCUT2D eigenvalue weighted by Crippen LogP contribution is 2.48. The van der Waals surface area contributed by atoms with Crippen LogP contribution in [0.5, 0.6) is 0 Å². The van der Waals surface area contributed by atoms with Gasteiger partial charge in [-0.15, -0.1) is 0 Å². The van der Waals surface area contributed by atoms with Gasteiger partial charge >= 0.3 is 12.2 Å². The molecule has 0 spiro atoms. The summed E-state index contributed by atoms with van der Waals surface area (Å²) in [5.74, 6) is 0.367. The molecule has 0 aliphatic heterocycles. The maximum Gasteiger partial charge on any atom is 0.416 e. The Kier molecular flexibility index (Phi) is 5.33. The quantitative estimate of drug-likeness (QED) is 0.829. The van der Waals surface area contributed by atoms with Gasteiger partial charge in [0.05, 0.1) is 5.56 Å². The van der Waals surface area contributed by atoms with Crippen molar-refractivity contribution in [1.29, 1.82) is 0 Å². The zero-order valence-electron chi connectivity index (χ0n) is 12.7. The van der Waals surface area contributed by atoms with E-state index in [1.54, 1.807) is 12.3 Å². The Bertz CT molecular complexity index is 601. The molecule has 1 aliphatic carbocycles. The van der Waals surface area contributed by atoms with Gasteiger partial charge in [-0.3, -0.25) is 4.21 Å². The first-order chi connectivity index (χ1) is 10.7. The molecule has 23 heavy (non-hydrogen) atoms. The molecule has 0 aromatic heterocycles. The van der Waals surface area contributed by atoms with Gasteiger partial charge in [0.1, 0.15) is 0 Å². The highest BCUT2D eigenvalue weighted by Gasteiger charge is 2.45. The van der Waals surface area contributed by atoms with E-state index >= 15 is 0 Å². The number of rotatable bonds is 6. The molecule has 1 aromatic rings. The summed E-state index contributed by atoms with van der Waals surface area (Å²) in [4.78, 5) is 11.7. The molecule has 0 radical (unpaired) electrons. The van der Waals surface area contributed by atoms with Gasteiger partial charge in [0, 0.05) is 41.3 Å². The molecule has 1 aliphatic rings. The highest BCUT2D eigenvalue weighted by atomic mass is 32.2. The molecule has 1 aromatic carbocycles. The zero-order chi connectivity index (χ0) is 17.1. The third-order valence-corrected chi connectivity index (χ3v) is 4.70. The van der Waals surface area contributed by atoms with Gasteiger partial charge in [0.15, 0.2) is 0 Å². The molecule has 1 fully saturated rings. The molecule has 2 N–H and O–H groups in total. The van der Waals surface area contributed by atoms with Crippen LogP contribution < -0.4 is 10.6 Å². The molecule has 4 nitrogen and oxygen atoms in total. The maximum atomic E-state index is 12.8. The lowest BCUT2D eigenvalue weighted by Crippen LogP contribution is -2.41. The molecule has 0 saturated heterocycles. The number of halogens is 3. The maximum absolute atomic E-state index is 12.8. The zero-order valence-corrected chi connectivity index (χ0v) is 13.5. The molecule has 1 saturated carbocycles. The minimum Gasteiger partial charge on any atom is -0.337 e. The molecule has 0 bridgehead atoms. The lowest BCUT2D eigenvalue weighted by atomic mass is 9.94. The van der Waals surface area contributed by atoms with Crippen LogP contribution in [0, 0.1) is 0 Å². The van der Waals surface area contributed by atoms with Gasteiger partial charge in [0.2, 0.25) is 0 Å². The number of carbonyl (C=O) groups is 1. The van der Waals surface area contributed by atoms with Crippen LogP contribution in [0.3, 0.4) is 0 Å². The normalized spacial score (nSPS) is 17.4. The van der Waals surface area contributed by atoms with Gasteiger partial charge in [0.25, 0.3) is 0 Å². The number of alkyl halides is 3. The van der Waals surface area contributed by atoms with Crippen LogP contribution in [0.15, 0.2) is 24.3 Å². The SMILES string of the molecule is C[S@](=O)CCNC(=O)NCC1(c2cccc(C(F)(F)F)c2)CC1. The van der Waals surface area contributed by atoms with Crippen molar-refractivity contribution < 1.29 is 22.2 Å². The van der Waals surface area contributed by atoms with Gasteiger partial charge in [-0.05, 0) is 24.5 Å². The van der Waals surface area contributed by atoms with Crippen molar-refractivity contribution >= 4 is 16.8 Å². The monoisotopic (exact) mass is 348 g/mol. The van der Waals surface area contributed by atoms with E-state index < -0.39 is 34.0 Å². The Balaban J connectivity index is 1.93. The molecule has 2 rings (SSSR count). The fraction of sp³-hybridized carbons (Fsp3) is 0.533. The van der Waals surface area contributed by atoms with E-state index in [4.69, 9.17) is 0 Å². The fourth-order valence-corrected chi connectivity index (χ4v) is 2.75. The minimum atomic E-state index is -4.37. The van der Waals surface area contributed by atoms with Crippen LogP contribution in [-0.4, -0.2) is 35.3 Å².